The second-order valence-corrected chi connectivity index (χ2v) is 8.26. The summed E-state index contributed by atoms with van der Waals surface area (Å²) in [6.07, 6.45) is -1.39. The van der Waals surface area contributed by atoms with E-state index >= 15 is 4.39 Å². The maximum Gasteiger partial charge on any atom is 0.280 e. The van der Waals surface area contributed by atoms with E-state index in [4.69, 9.17) is 4.74 Å². The Balaban J connectivity index is 1.73. The molecule has 1 aliphatic heterocycles. The first-order valence-corrected chi connectivity index (χ1v) is 10.3. The smallest absolute Gasteiger partial charge is 0.280 e. The van der Waals surface area contributed by atoms with Crippen molar-refractivity contribution in [3.8, 4) is 5.75 Å². The fraction of sp³-hybridized carbons (Fsp3) is 0.455. The molecule has 0 radical (unpaired) electrons. The number of alkyl halides is 3. The van der Waals surface area contributed by atoms with Crippen LogP contribution in [0.15, 0.2) is 24.5 Å². The fourth-order valence-electron chi connectivity index (χ4n) is 4.41. The number of hydrogen-bond acceptors (Lipinski definition) is 5. The van der Waals surface area contributed by atoms with E-state index in [9.17, 15) is 13.6 Å². The number of fused-ring (bicyclic) bond motifs is 1. The monoisotopic (exact) mass is 447 g/mol. The van der Waals surface area contributed by atoms with Crippen molar-refractivity contribution in [3.05, 3.63) is 52.6 Å². The largest absolute Gasteiger partial charge is 0.496 e. The number of amides is 1. The zero-order valence-electron chi connectivity index (χ0n) is 18.3. The number of benzene rings is 1. The van der Waals surface area contributed by atoms with E-state index in [0.717, 1.165) is 28.0 Å². The maximum absolute atomic E-state index is 16.6. The lowest BCUT2D eigenvalue weighted by Gasteiger charge is -2.42. The highest BCUT2D eigenvalue weighted by Gasteiger charge is 2.47. The van der Waals surface area contributed by atoms with Crippen molar-refractivity contribution in [2.75, 3.05) is 20.2 Å². The van der Waals surface area contributed by atoms with Gasteiger partial charge in [-0.15, -0.1) is 0 Å². The number of likely N-dealkylation sites (tertiary alicyclic amines) is 1. The lowest BCUT2D eigenvalue weighted by Crippen LogP contribution is -2.51. The van der Waals surface area contributed by atoms with Gasteiger partial charge in [-0.3, -0.25) is 4.79 Å². The summed E-state index contributed by atoms with van der Waals surface area (Å²) < 4.78 is 49.9. The third-order valence-electron chi connectivity index (χ3n) is 6.15. The van der Waals surface area contributed by atoms with Gasteiger partial charge in [-0.1, -0.05) is 6.92 Å². The summed E-state index contributed by atoms with van der Waals surface area (Å²) in [7, 11) is 1.56. The second-order valence-electron chi connectivity index (χ2n) is 8.26. The molecule has 0 spiro atoms. The van der Waals surface area contributed by atoms with Crippen molar-refractivity contribution >= 4 is 11.7 Å². The molecule has 10 heteroatoms. The highest BCUT2D eigenvalue weighted by atomic mass is 19.3. The molecule has 0 bridgehead atoms. The third-order valence-corrected chi connectivity index (χ3v) is 6.15. The van der Waals surface area contributed by atoms with Gasteiger partial charge in [-0.25, -0.2) is 18.2 Å². The predicted octanol–water partition coefficient (Wildman–Crippen LogP) is 4.03. The lowest BCUT2D eigenvalue weighted by molar-refractivity contribution is -0.00578. The van der Waals surface area contributed by atoms with Crippen LogP contribution in [0.5, 0.6) is 5.75 Å². The van der Waals surface area contributed by atoms with Crippen molar-refractivity contribution < 1.29 is 22.7 Å². The molecule has 32 heavy (non-hydrogen) atoms. The Labute approximate surface area is 183 Å². The first-order chi connectivity index (χ1) is 15.2. The van der Waals surface area contributed by atoms with E-state index in [1.54, 1.807) is 26.2 Å². The molecule has 1 aromatic carbocycles. The van der Waals surface area contributed by atoms with Crippen molar-refractivity contribution in [1.82, 2.24) is 24.5 Å². The molecule has 0 aliphatic carbocycles. The summed E-state index contributed by atoms with van der Waals surface area (Å²) in [5.41, 5.74) is -0.743. The SMILES string of the molecule is COc1c(C)cc(C(=O)N2CC[C@@H](C)[C@@](F)(c3cc(C(F)F)nc4ncnn34)C2)cc1C. The second kappa shape index (κ2) is 8.07. The van der Waals surface area contributed by atoms with Crippen LogP contribution in [0.1, 0.15) is 52.6 Å². The molecule has 170 valence electrons. The van der Waals surface area contributed by atoms with E-state index in [1.807, 2.05) is 13.8 Å². The predicted molar refractivity (Wildman–Crippen MR) is 111 cm³/mol. The molecular formula is C22H24F3N5O2. The standard InChI is InChI=1S/C22H24F3N5O2/c1-12-7-15(8-13(2)18(12)32-4)20(31)29-6-5-14(3)22(25,10-29)17-9-16(19(23)24)28-21-26-11-27-30(17)21/h7-9,11,14,19H,5-6,10H2,1-4H3/t14-,22-/m1/s1. The maximum atomic E-state index is 16.6. The van der Waals surface area contributed by atoms with Gasteiger partial charge in [-0.2, -0.15) is 14.6 Å². The summed E-state index contributed by atoms with van der Waals surface area (Å²) in [6, 6.07) is 4.45. The van der Waals surface area contributed by atoms with Gasteiger partial charge in [-0.05, 0) is 55.5 Å². The van der Waals surface area contributed by atoms with Crippen molar-refractivity contribution in [3.63, 3.8) is 0 Å². The Morgan fingerprint density at radius 2 is 1.94 bits per heavy atom. The molecule has 1 aliphatic rings. The number of rotatable bonds is 4. The van der Waals surface area contributed by atoms with E-state index in [2.05, 4.69) is 15.1 Å². The molecule has 0 unspecified atom stereocenters. The van der Waals surface area contributed by atoms with E-state index in [0.29, 0.717) is 24.3 Å². The molecule has 1 saturated heterocycles. The van der Waals surface area contributed by atoms with E-state index < -0.39 is 23.7 Å². The molecule has 0 N–H and O–H groups in total. The van der Waals surface area contributed by atoms with Crippen LogP contribution in [0.4, 0.5) is 13.2 Å². The Bertz CT molecular complexity index is 1160. The Morgan fingerprint density at radius 1 is 1.25 bits per heavy atom. The zero-order valence-corrected chi connectivity index (χ0v) is 18.3. The minimum absolute atomic E-state index is 0.0811. The lowest BCUT2D eigenvalue weighted by atomic mass is 9.81. The summed E-state index contributed by atoms with van der Waals surface area (Å²) in [5, 5.41) is 3.99. The molecule has 3 heterocycles. The molecule has 1 amide bonds. The van der Waals surface area contributed by atoms with Crippen LogP contribution in [0.25, 0.3) is 5.78 Å². The van der Waals surface area contributed by atoms with Crippen LogP contribution in [-0.2, 0) is 5.67 Å². The number of hydrogen-bond donors (Lipinski definition) is 0. The zero-order chi connectivity index (χ0) is 23.2. The van der Waals surface area contributed by atoms with Gasteiger partial charge in [0.2, 0.25) is 0 Å². The van der Waals surface area contributed by atoms with Gasteiger partial charge >= 0.3 is 0 Å². The molecule has 1 fully saturated rings. The summed E-state index contributed by atoms with van der Waals surface area (Å²) in [4.78, 5) is 22.3. The molecule has 0 saturated carbocycles. The average molecular weight is 447 g/mol. The summed E-state index contributed by atoms with van der Waals surface area (Å²) in [5.74, 6) is -0.276. The number of aromatic nitrogens is 4. The highest BCUT2D eigenvalue weighted by molar-refractivity contribution is 5.95. The Morgan fingerprint density at radius 3 is 2.56 bits per heavy atom. The molecule has 3 aromatic rings. The van der Waals surface area contributed by atoms with Gasteiger partial charge in [0.05, 0.1) is 19.3 Å². The van der Waals surface area contributed by atoms with Crippen LogP contribution in [0, 0.1) is 19.8 Å². The quantitative estimate of drug-likeness (QED) is 0.604. The first-order valence-electron chi connectivity index (χ1n) is 10.3. The highest BCUT2D eigenvalue weighted by Crippen LogP contribution is 2.41. The van der Waals surface area contributed by atoms with Crippen LogP contribution in [0.3, 0.4) is 0 Å². The number of piperidine rings is 1. The van der Waals surface area contributed by atoms with Crippen molar-refractivity contribution in [2.45, 2.75) is 39.3 Å². The van der Waals surface area contributed by atoms with E-state index in [-0.39, 0.29) is 23.9 Å². The van der Waals surface area contributed by atoms with Crippen LogP contribution < -0.4 is 4.74 Å². The van der Waals surface area contributed by atoms with Gasteiger partial charge in [0.1, 0.15) is 17.8 Å². The summed E-state index contributed by atoms with van der Waals surface area (Å²) in [6.45, 7) is 5.44. The van der Waals surface area contributed by atoms with Crippen molar-refractivity contribution in [2.24, 2.45) is 5.92 Å². The third kappa shape index (κ3) is 3.57. The number of methoxy groups -OCH3 is 1. The van der Waals surface area contributed by atoms with E-state index in [1.165, 1.54) is 4.90 Å². The molecular weight excluding hydrogens is 423 g/mol. The topological polar surface area (TPSA) is 72.6 Å². The molecule has 7 nitrogen and oxygen atoms in total. The normalized spacial score (nSPS) is 21.4. The number of carbonyl (C=O) groups is 1. The number of ether oxygens (including phenoxy) is 1. The number of carbonyl (C=O) groups excluding carboxylic acids is 1. The summed E-state index contributed by atoms with van der Waals surface area (Å²) >= 11 is 0. The number of halogens is 3. The number of aryl methyl sites for hydroxylation is 2. The van der Waals surface area contributed by atoms with Gasteiger partial charge in [0.15, 0.2) is 5.67 Å². The minimum Gasteiger partial charge on any atom is -0.496 e. The first kappa shape index (κ1) is 22.0. The Hall–Kier alpha value is -3.17. The number of nitrogens with zero attached hydrogens (tertiary/aromatic N) is 5. The van der Waals surface area contributed by atoms with Crippen LogP contribution in [-0.4, -0.2) is 50.6 Å². The fourth-order valence-corrected chi connectivity index (χ4v) is 4.41. The van der Waals surface area contributed by atoms with Gasteiger partial charge in [0, 0.05) is 12.1 Å². The minimum atomic E-state index is -2.89. The molecule has 2 aromatic heterocycles. The van der Waals surface area contributed by atoms with Crippen LogP contribution >= 0.6 is 0 Å². The molecule has 2 atom stereocenters. The van der Waals surface area contributed by atoms with Gasteiger partial charge < -0.3 is 9.64 Å². The Kier molecular flexibility index (Phi) is 5.56. The van der Waals surface area contributed by atoms with Gasteiger partial charge in [0.25, 0.3) is 18.1 Å². The average Bonchev–Trinajstić information content (AvgIpc) is 3.23. The van der Waals surface area contributed by atoms with Crippen LogP contribution in [0.2, 0.25) is 0 Å². The van der Waals surface area contributed by atoms with Crippen molar-refractivity contribution in [1.29, 1.82) is 0 Å². The molecule has 4 rings (SSSR count).